The van der Waals surface area contributed by atoms with Gasteiger partial charge in [-0.2, -0.15) is 0 Å². The quantitative estimate of drug-likeness (QED) is 0.807. The number of halogens is 1. The van der Waals surface area contributed by atoms with Crippen molar-refractivity contribution in [3.63, 3.8) is 0 Å². The van der Waals surface area contributed by atoms with E-state index < -0.39 is 22.4 Å². The molecule has 0 radical (unpaired) electrons. The van der Waals surface area contributed by atoms with Gasteiger partial charge in [-0.1, -0.05) is 23.8 Å². The van der Waals surface area contributed by atoms with Gasteiger partial charge in [0.25, 0.3) is 10.0 Å². The van der Waals surface area contributed by atoms with Crippen LogP contribution in [0.5, 0.6) is 0 Å². The molecule has 0 spiro atoms. The van der Waals surface area contributed by atoms with Gasteiger partial charge in [0.1, 0.15) is 5.82 Å². The Morgan fingerprint density at radius 1 is 1.14 bits per heavy atom. The van der Waals surface area contributed by atoms with Crippen molar-refractivity contribution in [2.45, 2.75) is 18.4 Å². The van der Waals surface area contributed by atoms with E-state index in [4.69, 9.17) is 0 Å². The van der Waals surface area contributed by atoms with Crippen LogP contribution in [0.1, 0.15) is 11.1 Å². The maximum Gasteiger partial charge on any atom is 0.268 e. The Labute approximate surface area is 127 Å². The third-order valence-corrected chi connectivity index (χ3v) is 5.26. The lowest BCUT2D eigenvalue weighted by molar-refractivity contribution is 0.283. The first-order valence-corrected chi connectivity index (χ1v) is 8.10. The number of hydrogen-bond donors (Lipinski definition) is 1. The van der Waals surface area contributed by atoms with E-state index in [2.05, 4.69) is 0 Å². The number of benzene rings is 2. The number of aliphatic hydroxyl groups is 1. The summed E-state index contributed by atoms with van der Waals surface area (Å²) >= 11 is 0. The fourth-order valence-electron chi connectivity index (χ4n) is 2.43. The monoisotopic (exact) mass is 319 g/mol. The Morgan fingerprint density at radius 3 is 2.45 bits per heavy atom. The summed E-state index contributed by atoms with van der Waals surface area (Å²) in [5, 5.41) is 9.50. The molecule has 0 saturated heterocycles. The predicted molar refractivity (Wildman–Crippen MR) is 81.6 cm³/mol. The van der Waals surface area contributed by atoms with Crippen LogP contribution in [0.3, 0.4) is 0 Å². The van der Waals surface area contributed by atoms with E-state index in [1.165, 1.54) is 36.5 Å². The van der Waals surface area contributed by atoms with Crippen molar-refractivity contribution in [1.29, 1.82) is 0 Å². The van der Waals surface area contributed by atoms with Crippen LogP contribution in [0, 0.1) is 12.7 Å². The van der Waals surface area contributed by atoms with Crippen LogP contribution in [0.15, 0.2) is 53.6 Å². The predicted octanol–water partition coefficient (Wildman–Crippen LogP) is 2.82. The number of aromatic nitrogens is 1. The Morgan fingerprint density at radius 2 is 1.82 bits per heavy atom. The van der Waals surface area contributed by atoms with Crippen molar-refractivity contribution in [2.24, 2.45) is 0 Å². The number of rotatable bonds is 3. The molecule has 0 bridgehead atoms. The van der Waals surface area contributed by atoms with Crippen LogP contribution in [0.25, 0.3) is 10.9 Å². The number of fused-ring (bicyclic) bond motifs is 1. The Kier molecular flexibility index (Phi) is 3.50. The molecule has 1 heterocycles. The van der Waals surface area contributed by atoms with Crippen LogP contribution >= 0.6 is 0 Å². The molecule has 22 heavy (non-hydrogen) atoms. The second-order valence-corrected chi connectivity index (χ2v) is 6.88. The number of aryl methyl sites for hydroxylation is 1. The highest BCUT2D eigenvalue weighted by Crippen LogP contribution is 2.28. The van der Waals surface area contributed by atoms with E-state index in [0.717, 1.165) is 9.54 Å². The summed E-state index contributed by atoms with van der Waals surface area (Å²) in [6.45, 7) is 1.43. The van der Waals surface area contributed by atoms with Crippen molar-refractivity contribution in [2.75, 3.05) is 0 Å². The molecule has 0 aliphatic heterocycles. The van der Waals surface area contributed by atoms with Gasteiger partial charge in [-0.15, -0.1) is 0 Å². The molecule has 2 aromatic carbocycles. The van der Waals surface area contributed by atoms with E-state index in [1.807, 2.05) is 6.92 Å². The van der Waals surface area contributed by atoms with Crippen molar-refractivity contribution >= 4 is 20.9 Å². The SMILES string of the molecule is Cc1ccc(S(=O)(=O)n2cc(CO)c3c(F)cccc32)cc1. The lowest BCUT2D eigenvalue weighted by Gasteiger charge is -2.08. The first-order chi connectivity index (χ1) is 10.4. The van der Waals surface area contributed by atoms with E-state index in [-0.39, 0.29) is 21.4 Å². The average molecular weight is 319 g/mol. The average Bonchev–Trinajstić information content (AvgIpc) is 2.88. The van der Waals surface area contributed by atoms with Gasteiger partial charge >= 0.3 is 0 Å². The summed E-state index contributed by atoms with van der Waals surface area (Å²) in [5.41, 5.74) is 1.40. The van der Waals surface area contributed by atoms with Crippen molar-refractivity contribution < 1.29 is 17.9 Å². The maximum absolute atomic E-state index is 14.0. The first kappa shape index (κ1) is 14.7. The van der Waals surface area contributed by atoms with Gasteiger partial charge in [0, 0.05) is 17.1 Å². The fraction of sp³-hybridized carbons (Fsp3) is 0.125. The van der Waals surface area contributed by atoms with E-state index in [0.29, 0.717) is 0 Å². The van der Waals surface area contributed by atoms with Gasteiger partial charge in [-0.3, -0.25) is 0 Å². The molecule has 3 rings (SSSR count). The lowest BCUT2D eigenvalue weighted by atomic mass is 10.2. The fourth-order valence-corrected chi connectivity index (χ4v) is 3.82. The number of hydrogen-bond acceptors (Lipinski definition) is 3. The van der Waals surface area contributed by atoms with Gasteiger partial charge < -0.3 is 5.11 Å². The molecule has 6 heteroatoms. The Balaban J connectivity index is 2.30. The molecule has 1 N–H and O–H groups in total. The minimum Gasteiger partial charge on any atom is -0.392 e. The summed E-state index contributed by atoms with van der Waals surface area (Å²) in [7, 11) is -3.85. The minimum atomic E-state index is -3.85. The summed E-state index contributed by atoms with van der Waals surface area (Å²) in [6, 6.07) is 10.6. The van der Waals surface area contributed by atoms with Gasteiger partial charge in [0.05, 0.1) is 17.0 Å². The Bertz CT molecular complexity index is 943. The van der Waals surface area contributed by atoms with Crippen LogP contribution in [0.2, 0.25) is 0 Å². The molecule has 0 amide bonds. The highest BCUT2D eigenvalue weighted by Gasteiger charge is 2.22. The van der Waals surface area contributed by atoms with Gasteiger partial charge in [0.15, 0.2) is 0 Å². The summed E-state index contributed by atoms with van der Waals surface area (Å²) in [4.78, 5) is 0.115. The Hall–Kier alpha value is -2.18. The van der Waals surface area contributed by atoms with Crippen LogP contribution in [-0.2, 0) is 16.6 Å². The van der Waals surface area contributed by atoms with Crippen LogP contribution in [-0.4, -0.2) is 17.5 Å². The highest BCUT2D eigenvalue weighted by atomic mass is 32.2. The van der Waals surface area contributed by atoms with E-state index in [9.17, 15) is 17.9 Å². The van der Waals surface area contributed by atoms with Crippen LogP contribution < -0.4 is 0 Å². The molecule has 114 valence electrons. The van der Waals surface area contributed by atoms with Crippen molar-refractivity contribution in [1.82, 2.24) is 3.97 Å². The van der Waals surface area contributed by atoms with Crippen LogP contribution in [0.4, 0.5) is 4.39 Å². The lowest BCUT2D eigenvalue weighted by Crippen LogP contribution is -2.11. The molecule has 0 aliphatic rings. The molecule has 4 nitrogen and oxygen atoms in total. The molecule has 0 fully saturated rings. The zero-order valence-electron chi connectivity index (χ0n) is 11.8. The van der Waals surface area contributed by atoms with Crippen molar-refractivity contribution in [3.05, 3.63) is 65.6 Å². The summed E-state index contributed by atoms with van der Waals surface area (Å²) in [5.74, 6) is -0.556. The highest BCUT2D eigenvalue weighted by molar-refractivity contribution is 7.90. The summed E-state index contributed by atoms with van der Waals surface area (Å²) in [6.07, 6.45) is 1.27. The molecule has 0 saturated carbocycles. The van der Waals surface area contributed by atoms with E-state index >= 15 is 0 Å². The summed E-state index contributed by atoms with van der Waals surface area (Å²) < 4.78 is 40.5. The second kappa shape index (κ2) is 5.23. The standard InChI is InChI=1S/C16H14FNO3S/c1-11-5-7-13(8-6-11)22(20,21)18-9-12(10-19)16-14(17)3-2-4-15(16)18/h2-9,19H,10H2,1H3. The molecule has 0 atom stereocenters. The topological polar surface area (TPSA) is 59.3 Å². The van der Waals surface area contributed by atoms with Gasteiger partial charge in [0.2, 0.25) is 0 Å². The molecular formula is C16H14FNO3S. The van der Waals surface area contributed by atoms with Gasteiger partial charge in [-0.25, -0.2) is 16.8 Å². The van der Waals surface area contributed by atoms with Gasteiger partial charge in [-0.05, 0) is 31.2 Å². The minimum absolute atomic E-state index is 0.115. The molecule has 3 aromatic rings. The van der Waals surface area contributed by atoms with E-state index in [1.54, 1.807) is 12.1 Å². The number of aliphatic hydroxyl groups excluding tert-OH is 1. The first-order valence-electron chi connectivity index (χ1n) is 6.66. The maximum atomic E-state index is 14.0. The number of nitrogens with zero attached hydrogens (tertiary/aromatic N) is 1. The normalized spacial score (nSPS) is 12.0. The third kappa shape index (κ3) is 2.20. The largest absolute Gasteiger partial charge is 0.392 e. The molecular weight excluding hydrogens is 305 g/mol. The van der Waals surface area contributed by atoms with Crippen molar-refractivity contribution in [3.8, 4) is 0 Å². The zero-order valence-corrected chi connectivity index (χ0v) is 12.6. The third-order valence-electron chi connectivity index (χ3n) is 3.57. The molecule has 1 aromatic heterocycles. The smallest absolute Gasteiger partial charge is 0.268 e. The molecule has 0 aliphatic carbocycles. The second-order valence-electron chi connectivity index (χ2n) is 5.06. The molecule has 0 unspecified atom stereocenters. The zero-order chi connectivity index (χ0) is 15.9.